The number of carbonyl (C=O) groups is 2. The maximum atomic E-state index is 13.0. The summed E-state index contributed by atoms with van der Waals surface area (Å²) in [6, 6.07) is 15.6. The van der Waals surface area contributed by atoms with Crippen molar-refractivity contribution < 1.29 is 37.1 Å². The third-order valence-electron chi connectivity index (χ3n) is 5.50. The number of aliphatic hydroxyl groups is 1. The van der Waals surface area contributed by atoms with Crippen LogP contribution >= 0.6 is 0 Å². The Hall–Kier alpha value is -3.57. The molecule has 41 heavy (non-hydrogen) atoms. The van der Waals surface area contributed by atoms with Gasteiger partial charge in [0.25, 0.3) is 10.1 Å². The summed E-state index contributed by atoms with van der Waals surface area (Å²) >= 11 is 0. The Morgan fingerprint density at radius 3 is 1.56 bits per heavy atom. The molecule has 0 saturated heterocycles. The van der Waals surface area contributed by atoms with Crippen molar-refractivity contribution in [2.24, 2.45) is 0 Å². The van der Waals surface area contributed by atoms with Crippen molar-refractivity contribution in [1.82, 2.24) is 5.32 Å². The number of benzene rings is 3. The summed E-state index contributed by atoms with van der Waals surface area (Å²) < 4.78 is 37.2. The third-order valence-corrected chi connectivity index (χ3v) is 5.50. The molecule has 0 fully saturated rings. The Bertz CT molecular complexity index is 1460. The average Bonchev–Trinajstić information content (AvgIpc) is 2.80. The fourth-order valence-corrected chi connectivity index (χ4v) is 3.92. The molecule has 3 aromatic carbocycles. The van der Waals surface area contributed by atoms with Crippen LogP contribution in [0, 0.1) is 27.7 Å². The molecule has 3 N–H and O–H groups in total. The Morgan fingerprint density at radius 1 is 0.780 bits per heavy atom. The third kappa shape index (κ3) is 12.2. The van der Waals surface area contributed by atoms with Crippen molar-refractivity contribution in [2.75, 3.05) is 12.8 Å². The highest BCUT2D eigenvalue weighted by Gasteiger charge is 2.21. The summed E-state index contributed by atoms with van der Waals surface area (Å²) in [6.45, 7) is 13.9. The fraction of sp³-hybridized carbons (Fsp3) is 0.355. The van der Waals surface area contributed by atoms with Crippen LogP contribution in [0.2, 0.25) is 0 Å². The largest absolute Gasteiger partial charge is 0.419 e. The first-order valence-corrected chi connectivity index (χ1v) is 14.8. The summed E-state index contributed by atoms with van der Waals surface area (Å²) in [5, 5.41) is 14.0. The monoisotopic (exact) mass is 585 g/mol. The highest BCUT2D eigenvalue weighted by molar-refractivity contribution is 7.85. The molecule has 1 unspecified atom stereocenters. The number of aryl methyl sites for hydroxylation is 4. The van der Waals surface area contributed by atoms with Gasteiger partial charge in [-0.3, -0.25) is 4.55 Å². The lowest BCUT2D eigenvalue weighted by atomic mass is 10.1. The fourth-order valence-electron chi connectivity index (χ4n) is 3.92. The smallest absolute Gasteiger partial charge is 0.343 e. The van der Waals surface area contributed by atoms with E-state index in [2.05, 4.69) is 5.32 Å². The number of β-amino-alcohol motifs (C(OH)–C–C–N with tert-alkyl or cyclic N) is 1. The molecule has 3 aromatic rings. The van der Waals surface area contributed by atoms with E-state index in [1.54, 1.807) is 42.5 Å². The van der Waals surface area contributed by atoms with Crippen LogP contribution in [0.15, 0.2) is 54.6 Å². The predicted molar refractivity (Wildman–Crippen MR) is 158 cm³/mol. The van der Waals surface area contributed by atoms with Crippen LogP contribution in [-0.4, -0.2) is 48.4 Å². The van der Waals surface area contributed by atoms with Crippen molar-refractivity contribution in [1.29, 1.82) is 0 Å². The lowest BCUT2D eigenvalue weighted by Gasteiger charge is -2.23. The molecule has 3 rings (SSSR count). The first-order chi connectivity index (χ1) is 18.8. The van der Waals surface area contributed by atoms with E-state index >= 15 is 0 Å². The summed E-state index contributed by atoms with van der Waals surface area (Å²) in [4.78, 5) is 25.9. The minimum atomic E-state index is -3.67. The predicted octanol–water partition coefficient (Wildman–Crippen LogP) is 5.28. The van der Waals surface area contributed by atoms with E-state index < -0.39 is 28.2 Å². The molecule has 0 spiro atoms. The Kier molecular flexibility index (Phi) is 11.4. The lowest BCUT2D eigenvalue weighted by molar-refractivity contribution is 0.0681. The molecule has 0 amide bonds. The second-order valence-electron chi connectivity index (χ2n) is 11.1. The van der Waals surface area contributed by atoms with Crippen LogP contribution in [0.3, 0.4) is 0 Å². The molecule has 0 aromatic heterocycles. The number of nitrogens with one attached hydrogen (secondary N) is 1. The molecule has 0 saturated carbocycles. The van der Waals surface area contributed by atoms with Gasteiger partial charge >= 0.3 is 11.9 Å². The van der Waals surface area contributed by atoms with Crippen molar-refractivity contribution in [3.8, 4) is 11.5 Å². The molecule has 0 bridgehead atoms. The van der Waals surface area contributed by atoms with Gasteiger partial charge in [-0.05, 0) is 90.4 Å². The topological polar surface area (TPSA) is 139 Å². The molecule has 0 aliphatic rings. The maximum Gasteiger partial charge on any atom is 0.343 e. The van der Waals surface area contributed by atoms with E-state index in [1.807, 2.05) is 60.6 Å². The summed E-state index contributed by atoms with van der Waals surface area (Å²) in [7, 11) is -3.67. The van der Waals surface area contributed by atoms with E-state index in [1.165, 1.54) is 0 Å². The van der Waals surface area contributed by atoms with Gasteiger partial charge in [0.2, 0.25) is 0 Å². The first kappa shape index (κ1) is 33.6. The van der Waals surface area contributed by atoms with E-state index in [9.17, 15) is 23.1 Å². The minimum absolute atomic E-state index is 0.0594. The molecule has 9 nitrogen and oxygen atoms in total. The molecular formula is C31H39NO8S. The quantitative estimate of drug-likeness (QED) is 0.192. The Labute approximate surface area is 242 Å². The summed E-state index contributed by atoms with van der Waals surface area (Å²) in [6.07, 6.45) is -0.139. The minimum Gasteiger partial charge on any atom is -0.419 e. The van der Waals surface area contributed by atoms with E-state index in [-0.39, 0.29) is 17.0 Å². The number of hydrogen-bond acceptors (Lipinski definition) is 8. The molecule has 0 aliphatic heterocycles. The molecule has 0 radical (unpaired) electrons. The number of rotatable bonds is 7. The van der Waals surface area contributed by atoms with E-state index in [0.717, 1.165) is 22.3 Å². The normalized spacial score (nSPS) is 12.1. The van der Waals surface area contributed by atoms with Gasteiger partial charge in [-0.2, -0.15) is 8.42 Å². The van der Waals surface area contributed by atoms with Crippen LogP contribution in [-0.2, 0) is 10.1 Å². The standard InChI is InChI=1S/C30H35NO5.CH4O3S/c1-18-10-19(2)13-23(12-18)28(33)35-26-9-8-22(25(32)17-31-30(5,6)7)16-27(26)36-29(34)24-14-20(3)11-21(4)15-24;1-5(2,3)4/h8-16,25,31-32H,17H2,1-7H3;1H3,(H,2,3,4). The second kappa shape index (κ2) is 13.9. The van der Waals surface area contributed by atoms with Crippen molar-refractivity contribution in [3.05, 3.63) is 93.5 Å². The summed E-state index contributed by atoms with van der Waals surface area (Å²) in [5.74, 6) is -0.987. The van der Waals surface area contributed by atoms with Crippen LogP contribution < -0.4 is 14.8 Å². The van der Waals surface area contributed by atoms with Gasteiger partial charge in [0, 0.05) is 12.1 Å². The number of ether oxygens (including phenoxy) is 2. The molecule has 10 heteroatoms. The van der Waals surface area contributed by atoms with Crippen molar-refractivity contribution in [3.63, 3.8) is 0 Å². The van der Waals surface area contributed by atoms with Gasteiger partial charge in [-0.1, -0.05) is 40.5 Å². The van der Waals surface area contributed by atoms with Crippen molar-refractivity contribution >= 4 is 22.1 Å². The Balaban J connectivity index is 0.00000108. The van der Waals surface area contributed by atoms with Gasteiger partial charge in [0.15, 0.2) is 11.5 Å². The van der Waals surface area contributed by atoms with Gasteiger partial charge < -0.3 is 19.9 Å². The highest BCUT2D eigenvalue weighted by Crippen LogP contribution is 2.32. The maximum absolute atomic E-state index is 13.0. The zero-order valence-electron chi connectivity index (χ0n) is 24.7. The van der Waals surface area contributed by atoms with Gasteiger partial charge in [0.05, 0.1) is 23.5 Å². The number of hydrogen-bond donors (Lipinski definition) is 3. The lowest BCUT2D eigenvalue weighted by Crippen LogP contribution is -2.38. The van der Waals surface area contributed by atoms with Crippen molar-refractivity contribution in [2.45, 2.75) is 60.1 Å². The van der Waals surface area contributed by atoms with Crippen LogP contribution in [0.25, 0.3) is 0 Å². The van der Waals surface area contributed by atoms with Gasteiger partial charge in [-0.15, -0.1) is 0 Å². The zero-order chi connectivity index (χ0) is 31.1. The molecular weight excluding hydrogens is 546 g/mol. The van der Waals surface area contributed by atoms with Gasteiger partial charge in [0.1, 0.15) is 0 Å². The van der Waals surface area contributed by atoms with E-state index in [0.29, 0.717) is 29.5 Å². The zero-order valence-corrected chi connectivity index (χ0v) is 25.5. The molecule has 0 heterocycles. The Morgan fingerprint density at radius 2 is 1.17 bits per heavy atom. The van der Waals surface area contributed by atoms with Gasteiger partial charge in [-0.25, -0.2) is 9.59 Å². The molecule has 0 aliphatic carbocycles. The number of esters is 2. The second-order valence-corrected chi connectivity index (χ2v) is 12.6. The molecule has 1 atom stereocenters. The average molecular weight is 586 g/mol. The summed E-state index contributed by atoms with van der Waals surface area (Å²) in [5.41, 5.74) is 4.88. The first-order valence-electron chi connectivity index (χ1n) is 12.9. The molecule has 222 valence electrons. The van der Waals surface area contributed by atoms with Crippen LogP contribution in [0.5, 0.6) is 11.5 Å². The van der Waals surface area contributed by atoms with E-state index in [4.69, 9.17) is 14.0 Å². The van der Waals surface area contributed by atoms with Crippen LogP contribution in [0.1, 0.15) is 75.4 Å². The van der Waals surface area contributed by atoms with Crippen LogP contribution in [0.4, 0.5) is 0 Å². The number of aliphatic hydroxyl groups excluding tert-OH is 1. The highest BCUT2D eigenvalue weighted by atomic mass is 32.2. The number of carbonyl (C=O) groups excluding carboxylic acids is 2. The SMILES string of the molecule is CS(=O)(=O)O.Cc1cc(C)cc(C(=O)Oc2ccc(C(O)CNC(C)(C)C)cc2OC(=O)c2cc(C)cc(C)c2)c1.